The number of nitrogens with zero attached hydrogens (tertiary/aromatic N) is 5. The van der Waals surface area contributed by atoms with E-state index in [1.165, 1.54) is 16.4 Å². The van der Waals surface area contributed by atoms with E-state index in [1.54, 1.807) is 20.9 Å². The van der Waals surface area contributed by atoms with Crippen molar-refractivity contribution in [2.24, 2.45) is 0 Å². The largest absolute Gasteiger partial charge is 0.335 e. The van der Waals surface area contributed by atoms with Crippen molar-refractivity contribution >= 4 is 27.3 Å². The summed E-state index contributed by atoms with van der Waals surface area (Å²) < 4.78 is 2.78. The molecule has 0 aliphatic heterocycles. The second-order valence-corrected chi connectivity index (χ2v) is 7.86. The fraction of sp³-hybridized carbons (Fsp3) is 0.182. The molecule has 0 N–H and O–H groups in total. The summed E-state index contributed by atoms with van der Waals surface area (Å²) in [5.41, 5.74) is 4.35. The van der Waals surface area contributed by atoms with E-state index in [9.17, 15) is 4.79 Å². The van der Waals surface area contributed by atoms with E-state index in [0.717, 1.165) is 22.4 Å². The van der Waals surface area contributed by atoms with Crippen LogP contribution in [0.4, 0.5) is 0 Å². The van der Waals surface area contributed by atoms with Crippen LogP contribution in [-0.4, -0.2) is 44.1 Å². The number of carbonyl (C=O) groups is 1. The van der Waals surface area contributed by atoms with Crippen LogP contribution in [0.25, 0.3) is 26.9 Å². The van der Waals surface area contributed by atoms with E-state index < -0.39 is 0 Å². The van der Waals surface area contributed by atoms with Crippen LogP contribution in [0.15, 0.2) is 66.3 Å². The third kappa shape index (κ3) is 3.82. The molecule has 4 rings (SSSR count). The van der Waals surface area contributed by atoms with Crippen molar-refractivity contribution in [3.05, 3.63) is 71.9 Å². The average molecular weight is 404 g/mol. The lowest BCUT2D eigenvalue weighted by Crippen LogP contribution is -2.32. The SMILES string of the molecule is C=C(C)CN(CC)C(=O)c1cc(-c2csc3ccccc23)cc(-n2cnnn2)c1. The van der Waals surface area contributed by atoms with Crippen LogP contribution in [0.5, 0.6) is 0 Å². The molecule has 0 aliphatic carbocycles. The maximum absolute atomic E-state index is 13.2. The zero-order valence-electron chi connectivity index (χ0n) is 16.4. The lowest BCUT2D eigenvalue weighted by molar-refractivity contribution is 0.0778. The van der Waals surface area contributed by atoms with E-state index in [2.05, 4.69) is 39.6 Å². The third-order valence-corrected chi connectivity index (χ3v) is 5.66. The summed E-state index contributed by atoms with van der Waals surface area (Å²) >= 11 is 1.69. The molecule has 29 heavy (non-hydrogen) atoms. The molecule has 0 radical (unpaired) electrons. The van der Waals surface area contributed by atoms with Gasteiger partial charge >= 0.3 is 0 Å². The summed E-state index contributed by atoms with van der Waals surface area (Å²) in [6.07, 6.45) is 1.53. The summed E-state index contributed by atoms with van der Waals surface area (Å²) in [5, 5.41) is 14.8. The van der Waals surface area contributed by atoms with Crippen LogP contribution in [0, 0.1) is 0 Å². The number of hydrogen-bond donors (Lipinski definition) is 0. The normalized spacial score (nSPS) is 11.0. The molecule has 2 aromatic carbocycles. The zero-order chi connectivity index (χ0) is 20.4. The van der Waals surface area contributed by atoms with Gasteiger partial charge in [-0.3, -0.25) is 4.79 Å². The lowest BCUT2D eigenvalue weighted by atomic mass is 10.0. The van der Waals surface area contributed by atoms with Gasteiger partial charge in [-0.2, -0.15) is 0 Å². The molecule has 1 amide bonds. The predicted molar refractivity (Wildman–Crippen MR) is 116 cm³/mol. The summed E-state index contributed by atoms with van der Waals surface area (Å²) in [6, 6.07) is 14.1. The number of carbonyl (C=O) groups excluding carboxylic acids is 1. The Bertz CT molecular complexity index is 1180. The molecular formula is C22H21N5OS. The van der Waals surface area contributed by atoms with Gasteiger partial charge in [-0.1, -0.05) is 30.4 Å². The van der Waals surface area contributed by atoms with Crippen LogP contribution in [-0.2, 0) is 0 Å². The van der Waals surface area contributed by atoms with E-state index in [4.69, 9.17) is 0 Å². The van der Waals surface area contributed by atoms with E-state index in [-0.39, 0.29) is 5.91 Å². The Morgan fingerprint density at radius 2 is 2.07 bits per heavy atom. The minimum atomic E-state index is -0.0359. The average Bonchev–Trinajstić information content (AvgIpc) is 3.41. The molecule has 7 heteroatoms. The van der Waals surface area contributed by atoms with Gasteiger partial charge in [0.2, 0.25) is 0 Å². The van der Waals surface area contributed by atoms with Gasteiger partial charge < -0.3 is 4.90 Å². The van der Waals surface area contributed by atoms with Crippen molar-refractivity contribution in [3.63, 3.8) is 0 Å². The Hall–Kier alpha value is -3.32. The number of rotatable bonds is 6. The lowest BCUT2D eigenvalue weighted by Gasteiger charge is -2.21. The highest BCUT2D eigenvalue weighted by Crippen LogP contribution is 2.35. The summed E-state index contributed by atoms with van der Waals surface area (Å²) in [6.45, 7) is 8.98. The fourth-order valence-electron chi connectivity index (χ4n) is 3.34. The first-order valence-corrected chi connectivity index (χ1v) is 10.2. The number of benzene rings is 2. The molecule has 2 aromatic heterocycles. The first-order valence-electron chi connectivity index (χ1n) is 9.35. The number of likely N-dealkylation sites (N-methyl/N-ethyl adjacent to an activating group) is 1. The first-order chi connectivity index (χ1) is 14.1. The Morgan fingerprint density at radius 1 is 1.24 bits per heavy atom. The Labute approximate surface area is 173 Å². The summed E-state index contributed by atoms with van der Waals surface area (Å²) in [7, 11) is 0. The van der Waals surface area contributed by atoms with Gasteiger partial charge in [0, 0.05) is 34.3 Å². The molecule has 0 saturated heterocycles. The highest BCUT2D eigenvalue weighted by Gasteiger charge is 2.18. The maximum atomic E-state index is 13.2. The molecule has 0 unspecified atom stereocenters. The van der Waals surface area contributed by atoms with Gasteiger partial charge in [0.15, 0.2) is 0 Å². The first kappa shape index (κ1) is 19.0. The van der Waals surface area contributed by atoms with Gasteiger partial charge in [0.25, 0.3) is 5.91 Å². The number of aromatic nitrogens is 4. The third-order valence-electron chi connectivity index (χ3n) is 4.70. The van der Waals surface area contributed by atoms with Crippen LogP contribution in [0.2, 0.25) is 0 Å². The molecule has 0 spiro atoms. The number of hydrogen-bond acceptors (Lipinski definition) is 5. The van der Waals surface area contributed by atoms with Gasteiger partial charge in [-0.15, -0.1) is 16.4 Å². The molecule has 0 bridgehead atoms. The van der Waals surface area contributed by atoms with Crippen molar-refractivity contribution in [1.82, 2.24) is 25.1 Å². The minimum Gasteiger partial charge on any atom is -0.335 e. The molecule has 2 heterocycles. The predicted octanol–water partition coefficient (Wildman–Crippen LogP) is 4.58. The molecule has 0 aliphatic rings. The number of tetrazole rings is 1. The van der Waals surface area contributed by atoms with Gasteiger partial charge in [-0.25, -0.2) is 4.68 Å². The van der Waals surface area contributed by atoms with Crippen LogP contribution in [0.1, 0.15) is 24.2 Å². The van der Waals surface area contributed by atoms with Crippen LogP contribution >= 0.6 is 11.3 Å². The zero-order valence-corrected chi connectivity index (χ0v) is 17.2. The second-order valence-electron chi connectivity index (χ2n) is 6.94. The van der Waals surface area contributed by atoms with Crippen molar-refractivity contribution in [3.8, 4) is 16.8 Å². The smallest absolute Gasteiger partial charge is 0.254 e. The highest BCUT2D eigenvalue weighted by atomic mass is 32.1. The maximum Gasteiger partial charge on any atom is 0.254 e. The number of fused-ring (bicyclic) bond motifs is 1. The Balaban J connectivity index is 1.86. The molecule has 4 aromatic rings. The van der Waals surface area contributed by atoms with Crippen molar-refractivity contribution < 1.29 is 4.79 Å². The van der Waals surface area contributed by atoms with E-state index in [1.807, 2.05) is 44.2 Å². The van der Waals surface area contributed by atoms with Crippen LogP contribution < -0.4 is 0 Å². The number of thiophene rings is 1. The highest BCUT2D eigenvalue weighted by molar-refractivity contribution is 7.17. The summed E-state index contributed by atoms with van der Waals surface area (Å²) in [5.74, 6) is -0.0359. The van der Waals surface area contributed by atoms with Crippen molar-refractivity contribution in [1.29, 1.82) is 0 Å². The molecule has 0 atom stereocenters. The van der Waals surface area contributed by atoms with Gasteiger partial charge in [0.1, 0.15) is 6.33 Å². The van der Waals surface area contributed by atoms with Crippen LogP contribution in [0.3, 0.4) is 0 Å². The molecule has 0 saturated carbocycles. The fourth-order valence-corrected chi connectivity index (χ4v) is 4.31. The second kappa shape index (κ2) is 7.97. The van der Waals surface area contributed by atoms with Crippen molar-refractivity contribution in [2.45, 2.75) is 13.8 Å². The van der Waals surface area contributed by atoms with E-state index in [0.29, 0.717) is 18.7 Å². The topological polar surface area (TPSA) is 63.9 Å². The van der Waals surface area contributed by atoms with Gasteiger partial charge in [-0.05, 0) is 59.5 Å². The molecule has 0 fully saturated rings. The number of amides is 1. The quantitative estimate of drug-likeness (QED) is 0.442. The van der Waals surface area contributed by atoms with Crippen molar-refractivity contribution in [2.75, 3.05) is 13.1 Å². The molecule has 6 nitrogen and oxygen atoms in total. The summed E-state index contributed by atoms with van der Waals surface area (Å²) in [4.78, 5) is 15.0. The molecular weight excluding hydrogens is 382 g/mol. The molecule has 146 valence electrons. The van der Waals surface area contributed by atoms with E-state index >= 15 is 0 Å². The monoisotopic (exact) mass is 403 g/mol. The standard InChI is InChI=1S/C22H21N5OS/c1-4-26(12-15(2)3)22(28)17-9-16(10-18(11-17)27-14-23-24-25-27)20-13-29-21-8-6-5-7-19(20)21/h5-11,13-14H,2,4,12H2,1,3H3. The Kier molecular flexibility index (Phi) is 5.22. The Morgan fingerprint density at radius 3 is 2.79 bits per heavy atom. The minimum absolute atomic E-state index is 0.0359. The van der Waals surface area contributed by atoms with Gasteiger partial charge in [0.05, 0.1) is 5.69 Å².